The van der Waals surface area contributed by atoms with Crippen LogP contribution in [0.4, 0.5) is 0 Å². The van der Waals surface area contributed by atoms with Gasteiger partial charge >= 0.3 is 0 Å². The second-order valence-corrected chi connectivity index (χ2v) is 11.0. The molecule has 0 aromatic rings. The van der Waals surface area contributed by atoms with E-state index in [1.807, 2.05) is 19.9 Å². The molecule has 3 saturated carbocycles. The summed E-state index contributed by atoms with van der Waals surface area (Å²) < 4.78 is 23.6. The van der Waals surface area contributed by atoms with E-state index in [2.05, 4.69) is 50.7 Å². The van der Waals surface area contributed by atoms with E-state index in [1.54, 1.807) is 0 Å². The number of aliphatic hydroxyl groups excluding tert-OH is 1. The Hall–Kier alpha value is -1.16. The number of fused-ring (bicyclic) bond motifs is 1. The topological polar surface area (TPSA) is 60.7 Å². The maximum absolute atomic E-state index is 10.4. The molecule has 0 heterocycles. The molecule has 0 bridgehead atoms. The van der Waals surface area contributed by atoms with Crippen molar-refractivity contribution >= 4 is 0 Å². The molecule has 0 radical (unpaired) electrons. The summed E-state index contributed by atoms with van der Waals surface area (Å²) in [5, 5.41) is 25.2. The minimum absolute atomic E-state index is 0.0795. The monoisotopic (exact) mass is 431 g/mol. The number of hydrogen-bond donors (Lipinski definition) is 3. The van der Waals surface area contributed by atoms with Gasteiger partial charge in [-0.05, 0) is 86.7 Å². The zero-order chi connectivity index (χ0) is 25.5. The summed E-state index contributed by atoms with van der Waals surface area (Å²) in [5.74, 6) is 1.64. The van der Waals surface area contributed by atoms with Crippen molar-refractivity contribution < 1.29 is 18.1 Å². The zero-order valence-corrected chi connectivity index (χ0v) is 20.0. The SMILES string of the molecule is [2H]O[C@]1([2H])CC(=CC=C2CCC[C@@]3(C)C2CC[C@@H]3[C@H](C)/C=C/[C@H](C)C(C)(C)O)C(=C)C(O)C1[2H]. The van der Waals surface area contributed by atoms with Gasteiger partial charge in [0.2, 0.25) is 1.43 Å². The summed E-state index contributed by atoms with van der Waals surface area (Å²) in [6.07, 6.45) is 10.2. The van der Waals surface area contributed by atoms with E-state index in [4.69, 9.17) is 4.17 Å². The molecule has 0 aromatic carbocycles. The van der Waals surface area contributed by atoms with Crippen LogP contribution >= 0.6 is 0 Å². The van der Waals surface area contributed by atoms with E-state index >= 15 is 0 Å². The highest BCUT2D eigenvalue weighted by atomic mass is 16.3. The first kappa shape index (κ1) is 20.4. The summed E-state index contributed by atoms with van der Waals surface area (Å²) in [7, 11) is 0. The molecule has 3 fully saturated rings. The third kappa shape index (κ3) is 5.26. The maximum atomic E-state index is 10.4. The van der Waals surface area contributed by atoms with Gasteiger partial charge in [-0.3, -0.25) is 0 Å². The summed E-state index contributed by atoms with van der Waals surface area (Å²) in [4.78, 5) is 0. The van der Waals surface area contributed by atoms with Crippen LogP contribution in [0.5, 0.6) is 0 Å². The van der Waals surface area contributed by atoms with E-state index in [1.165, 1.54) is 18.4 Å². The van der Waals surface area contributed by atoms with Gasteiger partial charge in [-0.25, -0.2) is 0 Å². The Bertz CT molecular complexity index is 857. The van der Waals surface area contributed by atoms with Crippen molar-refractivity contribution in [1.82, 2.24) is 0 Å². The lowest BCUT2D eigenvalue weighted by Crippen LogP contribution is -2.35. The van der Waals surface area contributed by atoms with Crippen LogP contribution in [0.25, 0.3) is 0 Å². The molecule has 3 heteroatoms. The first-order chi connectivity index (χ1) is 15.7. The van der Waals surface area contributed by atoms with Crippen LogP contribution in [0, 0.1) is 29.1 Å². The summed E-state index contributed by atoms with van der Waals surface area (Å²) >= 11 is 0. The van der Waals surface area contributed by atoms with Crippen LogP contribution in [0.2, 0.25) is 0 Å². The van der Waals surface area contributed by atoms with Gasteiger partial charge in [-0.15, -0.1) is 0 Å². The van der Waals surface area contributed by atoms with Crippen molar-refractivity contribution in [1.29, 1.82) is 1.43 Å². The Kier molecular flexibility index (Phi) is 6.18. The molecule has 0 amide bonds. The molecule has 0 aliphatic heterocycles. The van der Waals surface area contributed by atoms with Gasteiger partial charge in [0.1, 0.15) is 0 Å². The van der Waals surface area contributed by atoms with Crippen LogP contribution < -0.4 is 0 Å². The highest BCUT2D eigenvalue weighted by Crippen LogP contribution is 2.59. The third-order valence-corrected chi connectivity index (χ3v) is 8.47. The summed E-state index contributed by atoms with van der Waals surface area (Å²) in [6.45, 7) is 14.5. The van der Waals surface area contributed by atoms with E-state index in [0.29, 0.717) is 28.9 Å². The Labute approximate surface area is 194 Å². The molecular formula is C28H44O3. The molecule has 0 saturated heterocycles. The molecule has 3 aliphatic rings. The van der Waals surface area contributed by atoms with Crippen LogP contribution in [0.3, 0.4) is 0 Å². The van der Waals surface area contributed by atoms with Crippen LogP contribution in [-0.4, -0.2) is 34.5 Å². The molecule has 3 rings (SSSR count). The Balaban J connectivity index is 1.80. The fraction of sp³-hybridized carbons (Fsp3) is 0.714. The molecule has 3 N–H and O–H groups in total. The molecule has 3 unspecified atom stereocenters. The molecular weight excluding hydrogens is 384 g/mol. The van der Waals surface area contributed by atoms with Crippen molar-refractivity contribution in [3.63, 3.8) is 0 Å². The second-order valence-electron chi connectivity index (χ2n) is 11.0. The number of hydrogen-bond acceptors (Lipinski definition) is 3. The average molecular weight is 432 g/mol. The van der Waals surface area contributed by atoms with E-state index in [-0.39, 0.29) is 17.8 Å². The Morgan fingerprint density at radius 3 is 2.71 bits per heavy atom. The molecule has 31 heavy (non-hydrogen) atoms. The molecule has 0 aromatic heterocycles. The van der Waals surface area contributed by atoms with Gasteiger partial charge in [0, 0.05) is 13.7 Å². The van der Waals surface area contributed by atoms with Crippen molar-refractivity contribution in [3.05, 3.63) is 47.6 Å². The third-order valence-electron chi connectivity index (χ3n) is 8.47. The molecule has 3 aliphatic carbocycles. The largest absolute Gasteiger partial charge is 0.393 e. The van der Waals surface area contributed by atoms with Crippen molar-refractivity contribution in [2.45, 2.75) is 97.3 Å². The van der Waals surface area contributed by atoms with Crippen molar-refractivity contribution in [2.75, 3.05) is 0 Å². The molecule has 174 valence electrons. The predicted octanol–water partition coefficient (Wildman–Crippen LogP) is 5.73. The van der Waals surface area contributed by atoms with Gasteiger partial charge in [0.25, 0.3) is 0 Å². The second kappa shape index (κ2) is 9.37. The Morgan fingerprint density at radius 1 is 1.29 bits per heavy atom. The minimum Gasteiger partial charge on any atom is -0.393 e. The highest BCUT2D eigenvalue weighted by molar-refractivity contribution is 5.38. The van der Waals surface area contributed by atoms with E-state index in [9.17, 15) is 10.2 Å². The Morgan fingerprint density at radius 2 is 2.03 bits per heavy atom. The van der Waals surface area contributed by atoms with Gasteiger partial charge in [-0.1, -0.05) is 57.2 Å². The van der Waals surface area contributed by atoms with Crippen LogP contribution in [-0.2, 0) is 0 Å². The maximum Gasteiger partial charge on any atom is 0.210 e. The quantitative estimate of drug-likeness (QED) is 0.471. The number of aliphatic hydroxyl groups is 3. The first-order valence-corrected chi connectivity index (χ1v) is 12.0. The lowest BCUT2D eigenvalue weighted by atomic mass is 9.61. The summed E-state index contributed by atoms with van der Waals surface area (Å²) in [6, 6.07) is 0. The van der Waals surface area contributed by atoms with Gasteiger partial charge in [0.15, 0.2) is 0 Å². The molecule has 3 nitrogen and oxygen atoms in total. The first-order valence-electron chi connectivity index (χ1n) is 13.5. The fourth-order valence-corrected chi connectivity index (χ4v) is 6.06. The van der Waals surface area contributed by atoms with E-state index in [0.717, 1.165) is 19.3 Å². The standard InChI is InChI=1S/C28H44O3/c1-18(9-10-19(2)27(4,5)31)24-13-14-25-21(8-7-15-28(24,25)6)11-12-22-16-23(29)17-26(30)20(22)3/h9-12,18-19,23-26,29-31H,3,7-8,13-17H2,1-2,4-6H3/b10-9+,21-11?,22-12?/t18-,19+,23-,24-,25?,26?,28-/m1/s1/i17D,23D,29D/t17?,18-,19+,23-,24-,25?,26?,28-. The lowest BCUT2D eigenvalue weighted by Gasteiger charge is -2.44. The van der Waals surface area contributed by atoms with Crippen LogP contribution in [0.1, 0.15) is 82.3 Å². The molecule has 8 atom stereocenters. The van der Waals surface area contributed by atoms with Gasteiger partial charge < -0.3 is 15.3 Å². The highest BCUT2D eigenvalue weighted by Gasteiger charge is 2.50. The average Bonchev–Trinajstić information content (AvgIpc) is 3.14. The minimum atomic E-state index is -1.79. The predicted molar refractivity (Wildman–Crippen MR) is 128 cm³/mol. The normalized spacial score (nSPS) is 45.4. The number of allylic oxidation sites excluding steroid dienone is 4. The molecule has 0 spiro atoms. The van der Waals surface area contributed by atoms with Crippen LogP contribution in [0.15, 0.2) is 47.6 Å². The van der Waals surface area contributed by atoms with E-state index < -0.39 is 24.2 Å². The number of rotatable bonds is 6. The smallest absolute Gasteiger partial charge is 0.210 e. The zero-order valence-electron chi connectivity index (χ0n) is 23.0. The van der Waals surface area contributed by atoms with Gasteiger partial charge in [0.05, 0.1) is 19.2 Å². The van der Waals surface area contributed by atoms with Crippen molar-refractivity contribution in [3.8, 4) is 0 Å². The van der Waals surface area contributed by atoms with Gasteiger partial charge in [-0.2, -0.15) is 0 Å². The lowest BCUT2D eigenvalue weighted by molar-refractivity contribution is 0.0436. The van der Waals surface area contributed by atoms with Crippen molar-refractivity contribution in [2.24, 2.45) is 29.1 Å². The summed E-state index contributed by atoms with van der Waals surface area (Å²) in [5.41, 5.74) is 2.08. The fourth-order valence-electron chi connectivity index (χ4n) is 6.06.